The van der Waals surface area contributed by atoms with E-state index in [0.717, 1.165) is 5.56 Å². The minimum atomic E-state index is -3.90. The summed E-state index contributed by atoms with van der Waals surface area (Å²) in [6.45, 7) is 9.50. The predicted octanol–water partition coefficient (Wildman–Crippen LogP) is 7.06. The number of ether oxygens (including phenoxy) is 2. The molecule has 2 aromatic carbocycles. The summed E-state index contributed by atoms with van der Waals surface area (Å²) in [6, 6.07) is 10.6. The molecule has 0 radical (unpaired) electrons. The lowest BCUT2D eigenvalue weighted by Gasteiger charge is -2.35. The van der Waals surface area contributed by atoms with Crippen molar-refractivity contribution in [3.8, 4) is 22.9 Å². The van der Waals surface area contributed by atoms with E-state index in [1.165, 1.54) is 35.6 Å². The molecule has 13 nitrogen and oxygen atoms in total. The number of thiazole rings is 1. The summed E-state index contributed by atoms with van der Waals surface area (Å²) in [5.41, 5.74) is -0.838. The minimum absolute atomic E-state index is 0. The number of nitrogens with one attached hydrogen (secondary N) is 3. The standard InChI is InChI=1S/C39H42Cl2N6O7S2.2ClH/c1-6-21-17-39(21,36(50)46-56(51,52)24-12-13-24)45-33(48)30-16-23(54-34-27-15-22(40)11-14-25(27)31(53-5)18-42-34)19-47(30)35(49)32(38(2,3)4)44-37-43-29(20-55-37)26-9-7-8-10-28(26)41;;/h6-11,14-15,18,20-21,23-24,30,32H,1,12-13,16-17,19H2,2-5H3,(H,43,44)(H,45,48)(H,46,50);2*1H/t21-,23-,30+,32-,39-;;/m1../s1. The van der Waals surface area contributed by atoms with Gasteiger partial charge in [0.1, 0.15) is 29.5 Å². The zero-order chi connectivity index (χ0) is 40.2. The van der Waals surface area contributed by atoms with E-state index < -0.39 is 68.1 Å². The number of hydrogen-bond donors (Lipinski definition) is 3. The number of nitrogens with zero attached hydrogens (tertiary/aromatic N) is 3. The Hall–Kier alpha value is -3.86. The number of anilines is 1. The van der Waals surface area contributed by atoms with Gasteiger partial charge in [-0.15, -0.1) is 42.7 Å². The number of likely N-dealkylation sites (tertiary alicyclic amines) is 1. The number of sulfonamides is 1. The van der Waals surface area contributed by atoms with Crippen LogP contribution in [0.2, 0.25) is 10.0 Å². The summed E-state index contributed by atoms with van der Waals surface area (Å²) in [5.74, 6) is -1.64. The minimum Gasteiger partial charge on any atom is -0.494 e. The van der Waals surface area contributed by atoms with Crippen LogP contribution in [0.5, 0.6) is 11.6 Å². The van der Waals surface area contributed by atoms with Crippen LogP contribution < -0.4 is 24.8 Å². The summed E-state index contributed by atoms with van der Waals surface area (Å²) >= 11 is 14.1. The first-order valence-electron chi connectivity index (χ1n) is 18.1. The Balaban J connectivity index is 0.00000320. The molecular formula is C39H44Cl4N6O7S2. The lowest BCUT2D eigenvalue weighted by atomic mass is 9.85. The lowest BCUT2D eigenvalue weighted by molar-refractivity contribution is -0.141. The van der Waals surface area contributed by atoms with Crippen LogP contribution in [-0.2, 0) is 24.4 Å². The van der Waals surface area contributed by atoms with Crippen LogP contribution in [0, 0.1) is 11.3 Å². The van der Waals surface area contributed by atoms with E-state index in [9.17, 15) is 22.8 Å². The molecule has 1 aliphatic heterocycles. The second-order valence-electron chi connectivity index (χ2n) is 15.4. The highest BCUT2D eigenvalue weighted by molar-refractivity contribution is 7.91. The third kappa shape index (κ3) is 9.14. The van der Waals surface area contributed by atoms with Crippen LogP contribution in [0.3, 0.4) is 0 Å². The Bertz CT molecular complexity index is 2340. The number of halogens is 4. The summed E-state index contributed by atoms with van der Waals surface area (Å²) in [6.07, 6.45) is 3.43. The largest absolute Gasteiger partial charge is 0.494 e. The first kappa shape index (κ1) is 45.2. The van der Waals surface area contributed by atoms with Crippen molar-refractivity contribution in [3.63, 3.8) is 0 Å². The van der Waals surface area contributed by atoms with Crippen molar-refractivity contribution in [1.29, 1.82) is 0 Å². The quantitative estimate of drug-likeness (QED) is 0.118. The number of methoxy groups -OCH3 is 1. The van der Waals surface area contributed by atoms with E-state index in [1.807, 2.05) is 44.4 Å². The molecule has 4 aromatic rings. The Kier molecular flexibility index (Phi) is 13.6. The van der Waals surface area contributed by atoms with Gasteiger partial charge in [-0.3, -0.25) is 19.1 Å². The molecule has 1 saturated heterocycles. The topological polar surface area (TPSA) is 169 Å². The van der Waals surface area contributed by atoms with Crippen LogP contribution in [0.25, 0.3) is 22.0 Å². The second-order valence-corrected chi connectivity index (χ2v) is 19.1. The number of aromatic nitrogens is 2. The molecule has 3 amide bonds. The van der Waals surface area contributed by atoms with Crippen molar-refractivity contribution >= 4 is 103 Å². The molecule has 2 saturated carbocycles. The van der Waals surface area contributed by atoms with E-state index in [-0.39, 0.29) is 50.1 Å². The second kappa shape index (κ2) is 17.4. The van der Waals surface area contributed by atoms with Gasteiger partial charge < -0.3 is 25.0 Å². The molecule has 0 unspecified atom stereocenters. The number of fused-ring (bicyclic) bond motifs is 1. The molecule has 5 atom stereocenters. The first-order chi connectivity index (χ1) is 26.5. The summed E-state index contributed by atoms with van der Waals surface area (Å²) in [5, 5.41) is 10.1. The Morgan fingerprint density at radius 1 is 1.10 bits per heavy atom. The van der Waals surface area contributed by atoms with Gasteiger partial charge in [0.25, 0.3) is 5.91 Å². The number of carbonyl (C=O) groups is 3. The zero-order valence-electron chi connectivity index (χ0n) is 32.0. The summed E-state index contributed by atoms with van der Waals surface area (Å²) in [7, 11) is -2.37. The Morgan fingerprint density at radius 2 is 1.83 bits per heavy atom. The van der Waals surface area contributed by atoms with Gasteiger partial charge >= 0.3 is 0 Å². The number of hydrogen-bond acceptors (Lipinski definition) is 11. The van der Waals surface area contributed by atoms with Crippen molar-refractivity contribution in [3.05, 3.63) is 76.7 Å². The summed E-state index contributed by atoms with van der Waals surface area (Å²) in [4.78, 5) is 53.5. The van der Waals surface area contributed by atoms with Crippen LogP contribution in [0.15, 0.2) is 66.7 Å². The van der Waals surface area contributed by atoms with Crippen molar-refractivity contribution in [1.82, 2.24) is 24.9 Å². The SMILES string of the molecule is C=C[C@@H]1C[C@]1(NC(=O)[C@@H]1C[C@@H](Oc2ncc(OC)c3ccc(Cl)cc23)CN1C(=O)[C@@H](Nc1nc(-c2ccccc2Cl)cs1)C(C)(C)C)C(=O)NS(=O)(=O)C1CC1.Cl.Cl. The van der Waals surface area contributed by atoms with E-state index in [1.54, 1.807) is 24.3 Å². The van der Waals surface area contributed by atoms with Crippen molar-refractivity contribution in [2.75, 3.05) is 19.0 Å². The molecule has 0 bridgehead atoms. The number of carbonyl (C=O) groups excluding carboxylic acids is 3. The molecular weight excluding hydrogens is 870 g/mol. The van der Waals surface area contributed by atoms with Crippen LogP contribution >= 0.6 is 59.4 Å². The van der Waals surface area contributed by atoms with Crippen LogP contribution in [0.4, 0.5) is 5.13 Å². The van der Waals surface area contributed by atoms with Gasteiger partial charge in [-0.05, 0) is 48.9 Å². The Morgan fingerprint density at radius 3 is 2.47 bits per heavy atom. The smallest absolute Gasteiger partial charge is 0.259 e. The average molecular weight is 915 g/mol. The molecule has 58 heavy (non-hydrogen) atoms. The van der Waals surface area contributed by atoms with Gasteiger partial charge in [-0.2, -0.15) is 0 Å². The van der Waals surface area contributed by atoms with Crippen molar-refractivity contribution in [2.45, 2.75) is 75.4 Å². The Labute approximate surface area is 363 Å². The lowest BCUT2D eigenvalue weighted by Crippen LogP contribution is -2.58. The summed E-state index contributed by atoms with van der Waals surface area (Å²) < 4.78 is 39.7. The monoisotopic (exact) mass is 912 g/mol. The molecule has 3 fully saturated rings. The molecule has 2 aliphatic carbocycles. The molecule has 312 valence electrons. The zero-order valence-corrected chi connectivity index (χ0v) is 36.8. The highest BCUT2D eigenvalue weighted by atomic mass is 35.5. The maximum atomic E-state index is 14.8. The van der Waals surface area contributed by atoms with Gasteiger partial charge in [0.2, 0.25) is 27.7 Å². The molecule has 3 heterocycles. The molecule has 2 aromatic heterocycles. The maximum Gasteiger partial charge on any atom is 0.259 e. The fraction of sp³-hybridized carbons (Fsp3) is 0.410. The van der Waals surface area contributed by atoms with Gasteiger partial charge in [0.15, 0.2) is 5.13 Å². The predicted molar refractivity (Wildman–Crippen MR) is 231 cm³/mol. The molecule has 0 spiro atoms. The van der Waals surface area contributed by atoms with E-state index in [4.69, 9.17) is 37.7 Å². The van der Waals surface area contributed by atoms with E-state index in [2.05, 4.69) is 26.9 Å². The van der Waals surface area contributed by atoms with E-state index in [0.29, 0.717) is 50.2 Å². The van der Waals surface area contributed by atoms with Gasteiger partial charge in [0, 0.05) is 44.1 Å². The average Bonchev–Trinajstić information content (AvgIpc) is 4.04. The molecule has 3 N–H and O–H groups in total. The highest BCUT2D eigenvalue weighted by Gasteiger charge is 2.62. The fourth-order valence-electron chi connectivity index (χ4n) is 7.04. The van der Waals surface area contributed by atoms with Gasteiger partial charge in [-0.25, -0.2) is 18.4 Å². The fourth-order valence-corrected chi connectivity index (χ4v) is 9.55. The number of pyridine rings is 1. The van der Waals surface area contributed by atoms with Crippen molar-refractivity contribution < 1.29 is 32.3 Å². The molecule has 19 heteroatoms. The number of rotatable bonds is 13. The van der Waals surface area contributed by atoms with Gasteiger partial charge in [0.05, 0.1) is 30.8 Å². The third-order valence-electron chi connectivity index (χ3n) is 10.4. The highest BCUT2D eigenvalue weighted by Crippen LogP contribution is 2.46. The number of benzene rings is 2. The van der Waals surface area contributed by atoms with E-state index >= 15 is 0 Å². The van der Waals surface area contributed by atoms with Crippen molar-refractivity contribution in [2.24, 2.45) is 11.3 Å². The first-order valence-corrected chi connectivity index (χ1v) is 21.3. The third-order valence-corrected chi connectivity index (χ3v) is 13.6. The van der Waals surface area contributed by atoms with Gasteiger partial charge in [-0.1, -0.05) is 68.2 Å². The molecule has 7 rings (SSSR count). The van der Waals surface area contributed by atoms with Crippen LogP contribution in [0.1, 0.15) is 46.5 Å². The normalized spacial score (nSPS) is 21.8. The maximum absolute atomic E-state index is 14.8. The van der Waals surface area contributed by atoms with Crippen LogP contribution in [-0.4, -0.2) is 83.6 Å². The molecule has 3 aliphatic rings. The number of amides is 3.